The molecule has 0 radical (unpaired) electrons. The average molecular weight is 274 g/mol. The second-order valence-electron chi connectivity index (χ2n) is 5.06. The first-order valence-electron chi connectivity index (χ1n) is 7.06. The highest BCUT2D eigenvalue weighted by molar-refractivity contribution is 5.60. The molecule has 21 heavy (non-hydrogen) atoms. The first kappa shape index (κ1) is 13.3. The van der Waals surface area contributed by atoms with Crippen LogP contribution in [0.3, 0.4) is 0 Å². The molecule has 0 spiro atoms. The van der Waals surface area contributed by atoms with Crippen molar-refractivity contribution in [3.05, 3.63) is 90.0 Å². The number of benzene rings is 3. The normalized spacial score (nSPS) is 10.3. The number of nitrogens with two attached hydrogens (primary N) is 1. The number of anilines is 3. The zero-order valence-electron chi connectivity index (χ0n) is 11.8. The van der Waals surface area contributed by atoms with Crippen LogP contribution in [0.15, 0.2) is 78.9 Å². The summed E-state index contributed by atoms with van der Waals surface area (Å²) in [4.78, 5) is 0. The van der Waals surface area contributed by atoms with Gasteiger partial charge < -0.3 is 11.1 Å². The van der Waals surface area contributed by atoms with Gasteiger partial charge in [-0.2, -0.15) is 0 Å². The first-order valence-corrected chi connectivity index (χ1v) is 7.06. The minimum atomic E-state index is 0.851. The summed E-state index contributed by atoms with van der Waals surface area (Å²) in [5, 5.41) is 3.38. The molecule has 0 amide bonds. The predicted octanol–water partition coefficient (Wildman–Crippen LogP) is 4.60. The highest BCUT2D eigenvalue weighted by atomic mass is 14.9. The Morgan fingerprint density at radius 3 is 2.00 bits per heavy atom. The molecule has 0 aliphatic heterocycles. The molecule has 3 rings (SSSR count). The fourth-order valence-electron chi connectivity index (χ4n) is 2.31. The molecular weight excluding hydrogens is 256 g/mol. The zero-order valence-corrected chi connectivity index (χ0v) is 11.8. The molecule has 0 fully saturated rings. The Hall–Kier alpha value is -2.74. The van der Waals surface area contributed by atoms with Crippen LogP contribution in [-0.2, 0) is 6.42 Å². The minimum Gasteiger partial charge on any atom is -0.398 e. The van der Waals surface area contributed by atoms with Crippen LogP contribution in [-0.4, -0.2) is 0 Å². The van der Waals surface area contributed by atoms with Gasteiger partial charge in [0.1, 0.15) is 0 Å². The second-order valence-corrected chi connectivity index (χ2v) is 5.06. The molecule has 0 saturated carbocycles. The van der Waals surface area contributed by atoms with E-state index < -0.39 is 0 Å². The van der Waals surface area contributed by atoms with Crippen molar-refractivity contribution >= 4 is 17.1 Å². The Kier molecular flexibility index (Phi) is 3.88. The Morgan fingerprint density at radius 2 is 1.29 bits per heavy atom. The van der Waals surface area contributed by atoms with Crippen LogP contribution in [0.25, 0.3) is 0 Å². The van der Waals surface area contributed by atoms with E-state index in [1.54, 1.807) is 0 Å². The summed E-state index contributed by atoms with van der Waals surface area (Å²) in [6.45, 7) is 0. The van der Waals surface area contributed by atoms with Gasteiger partial charge in [-0.3, -0.25) is 0 Å². The lowest BCUT2D eigenvalue weighted by Crippen LogP contribution is -1.95. The van der Waals surface area contributed by atoms with E-state index in [4.69, 9.17) is 5.73 Å². The largest absolute Gasteiger partial charge is 0.398 e. The van der Waals surface area contributed by atoms with Gasteiger partial charge in [-0.15, -0.1) is 0 Å². The molecule has 104 valence electrons. The number of hydrogen-bond donors (Lipinski definition) is 2. The first-order chi connectivity index (χ1) is 10.3. The second kappa shape index (κ2) is 6.14. The van der Waals surface area contributed by atoms with E-state index >= 15 is 0 Å². The van der Waals surface area contributed by atoms with Gasteiger partial charge in [0.2, 0.25) is 0 Å². The molecular formula is C19H18N2. The van der Waals surface area contributed by atoms with Gasteiger partial charge in [-0.25, -0.2) is 0 Å². The smallest absolute Gasteiger partial charge is 0.0384 e. The Balaban J connectivity index is 1.71. The molecule has 2 heteroatoms. The maximum absolute atomic E-state index is 5.99. The lowest BCUT2D eigenvalue weighted by atomic mass is 10.0. The third kappa shape index (κ3) is 3.42. The van der Waals surface area contributed by atoms with Gasteiger partial charge in [0.15, 0.2) is 0 Å². The molecule has 0 atom stereocenters. The lowest BCUT2D eigenvalue weighted by molar-refractivity contribution is 1.20. The van der Waals surface area contributed by atoms with Gasteiger partial charge in [0, 0.05) is 17.1 Å². The molecule has 0 saturated heterocycles. The standard InChI is InChI=1S/C19H18N2/c20-19-9-5-4-6-16(19)14-15-10-12-18(13-11-15)21-17-7-2-1-3-8-17/h1-13,21H,14,20H2. The fraction of sp³-hybridized carbons (Fsp3) is 0.0526. The molecule has 0 aromatic heterocycles. The van der Waals surface area contributed by atoms with Crippen molar-refractivity contribution in [1.82, 2.24) is 0 Å². The molecule has 3 aromatic carbocycles. The van der Waals surface area contributed by atoms with Crippen LogP contribution in [0.1, 0.15) is 11.1 Å². The van der Waals surface area contributed by atoms with E-state index in [0.717, 1.165) is 23.5 Å². The highest BCUT2D eigenvalue weighted by Gasteiger charge is 2.00. The van der Waals surface area contributed by atoms with Crippen LogP contribution in [0, 0.1) is 0 Å². The Morgan fingerprint density at radius 1 is 0.667 bits per heavy atom. The molecule has 0 heterocycles. The van der Waals surface area contributed by atoms with E-state index in [9.17, 15) is 0 Å². The van der Waals surface area contributed by atoms with E-state index in [0.29, 0.717) is 0 Å². The molecule has 0 aliphatic carbocycles. The summed E-state index contributed by atoms with van der Waals surface area (Å²) < 4.78 is 0. The van der Waals surface area contributed by atoms with Crippen LogP contribution in [0.4, 0.5) is 17.1 Å². The number of nitrogens with one attached hydrogen (secondary N) is 1. The predicted molar refractivity (Wildman–Crippen MR) is 89.8 cm³/mol. The topological polar surface area (TPSA) is 38.0 Å². The summed E-state index contributed by atoms with van der Waals surface area (Å²) >= 11 is 0. The third-order valence-corrected chi connectivity index (χ3v) is 3.47. The van der Waals surface area contributed by atoms with Crippen molar-refractivity contribution in [2.75, 3.05) is 11.1 Å². The Bertz CT molecular complexity index is 703. The average Bonchev–Trinajstić information content (AvgIpc) is 2.52. The summed E-state index contributed by atoms with van der Waals surface area (Å²) in [6, 6.07) is 26.6. The van der Waals surface area contributed by atoms with Crippen molar-refractivity contribution < 1.29 is 0 Å². The molecule has 0 unspecified atom stereocenters. The number of hydrogen-bond acceptors (Lipinski definition) is 2. The number of rotatable bonds is 4. The SMILES string of the molecule is Nc1ccccc1Cc1ccc(Nc2ccccc2)cc1. The van der Waals surface area contributed by atoms with Crippen molar-refractivity contribution in [2.45, 2.75) is 6.42 Å². The molecule has 2 nitrogen and oxygen atoms in total. The van der Waals surface area contributed by atoms with Crippen molar-refractivity contribution in [3.8, 4) is 0 Å². The van der Waals surface area contributed by atoms with Gasteiger partial charge in [0.05, 0.1) is 0 Å². The van der Waals surface area contributed by atoms with Crippen LogP contribution < -0.4 is 11.1 Å². The van der Waals surface area contributed by atoms with Gasteiger partial charge in [0.25, 0.3) is 0 Å². The maximum atomic E-state index is 5.99. The quantitative estimate of drug-likeness (QED) is 0.682. The van der Waals surface area contributed by atoms with Gasteiger partial charge in [-0.05, 0) is 47.9 Å². The maximum Gasteiger partial charge on any atom is 0.0384 e. The lowest BCUT2D eigenvalue weighted by Gasteiger charge is -2.08. The minimum absolute atomic E-state index is 0.851. The van der Waals surface area contributed by atoms with E-state index in [1.165, 1.54) is 11.1 Å². The summed E-state index contributed by atoms with van der Waals surface area (Å²) in [6.07, 6.45) is 0.859. The Labute approximate surface area is 125 Å². The van der Waals surface area contributed by atoms with E-state index in [-0.39, 0.29) is 0 Å². The van der Waals surface area contributed by atoms with Crippen LogP contribution >= 0.6 is 0 Å². The zero-order chi connectivity index (χ0) is 14.5. The van der Waals surface area contributed by atoms with Crippen LogP contribution in [0.2, 0.25) is 0 Å². The highest BCUT2D eigenvalue weighted by Crippen LogP contribution is 2.20. The van der Waals surface area contributed by atoms with E-state index in [2.05, 4.69) is 47.8 Å². The number of nitrogen functional groups attached to an aromatic ring is 1. The van der Waals surface area contributed by atoms with Crippen molar-refractivity contribution in [1.29, 1.82) is 0 Å². The van der Waals surface area contributed by atoms with Crippen molar-refractivity contribution in [2.24, 2.45) is 0 Å². The molecule has 3 aromatic rings. The molecule has 0 bridgehead atoms. The van der Waals surface area contributed by atoms with Gasteiger partial charge >= 0.3 is 0 Å². The van der Waals surface area contributed by atoms with Gasteiger partial charge in [-0.1, -0.05) is 48.5 Å². The third-order valence-electron chi connectivity index (χ3n) is 3.47. The summed E-state index contributed by atoms with van der Waals surface area (Å²) in [5.41, 5.74) is 11.4. The van der Waals surface area contributed by atoms with E-state index in [1.807, 2.05) is 36.4 Å². The fourth-order valence-corrected chi connectivity index (χ4v) is 2.31. The van der Waals surface area contributed by atoms with Crippen LogP contribution in [0.5, 0.6) is 0 Å². The molecule has 3 N–H and O–H groups in total. The monoisotopic (exact) mass is 274 g/mol. The molecule has 0 aliphatic rings. The number of para-hydroxylation sites is 2. The van der Waals surface area contributed by atoms with Crippen molar-refractivity contribution in [3.63, 3.8) is 0 Å². The summed E-state index contributed by atoms with van der Waals surface area (Å²) in [5.74, 6) is 0. The summed E-state index contributed by atoms with van der Waals surface area (Å²) in [7, 11) is 0.